The van der Waals surface area contributed by atoms with Crippen LogP contribution < -0.4 is 5.73 Å². The predicted molar refractivity (Wildman–Crippen MR) is 58.5 cm³/mol. The second kappa shape index (κ2) is 7.61. The lowest BCUT2D eigenvalue weighted by Gasteiger charge is -2.01. The van der Waals surface area contributed by atoms with Crippen molar-refractivity contribution in [3.63, 3.8) is 0 Å². The first-order valence-corrected chi connectivity index (χ1v) is 6.07. The van der Waals surface area contributed by atoms with Gasteiger partial charge in [-0.2, -0.15) is 0 Å². The average Bonchev–Trinajstić information content (AvgIpc) is 2.66. The van der Waals surface area contributed by atoms with E-state index in [0.29, 0.717) is 13.1 Å². The molecule has 15 heavy (non-hydrogen) atoms. The van der Waals surface area contributed by atoms with Crippen LogP contribution in [0.4, 0.5) is 0 Å². The molecule has 1 aromatic heterocycles. The van der Waals surface area contributed by atoms with Gasteiger partial charge in [0.1, 0.15) is 0 Å². The maximum Gasteiger partial charge on any atom is 0.209 e. The molecule has 0 radical (unpaired) electrons. The van der Waals surface area contributed by atoms with Gasteiger partial charge in [-0.05, 0) is 23.3 Å². The second-order valence-corrected chi connectivity index (χ2v) is 4.17. The first-order chi connectivity index (χ1) is 7.38. The topological polar surface area (TPSA) is 89.9 Å². The Morgan fingerprint density at radius 1 is 1.33 bits per heavy atom. The lowest BCUT2D eigenvalue weighted by Crippen LogP contribution is -2.12. The van der Waals surface area contributed by atoms with Crippen LogP contribution in [0.1, 0.15) is 19.3 Å². The Hall–Kier alpha value is -0.660. The van der Waals surface area contributed by atoms with Crippen LogP contribution in [-0.2, 0) is 6.54 Å². The smallest absolute Gasteiger partial charge is 0.209 e. The molecule has 0 saturated carbocycles. The molecule has 7 heteroatoms. The molecule has 0 unspecified atom stereocenters. The summed E-state index contributed by atoms with van der Waals surface area (Å²) in [7, 11) is 0. The lowest BCUT2D eigenvalue weighted by atomic mass is 10.3. The van der Waals surface area contributed by atoms with Gasteiger partial charge in [-0.3, -0.25) is 0 Å². The summed E-state index contributed by atoms with van der Waals surface area (Å²) < 4.78 is 1.72. The lowest BCUT2D eigenvalue weighted by molar-refractivity contribution is 0.284. The van der Waals surface area contributed by atoms with E-state index in [1.54, 1.807) is 16.4 Å². The molecule has 0 saturated heterocycles. The fourth-order valence-electron chi connectivity index (χ4n) is 1.12. The average molecular weight is 231 g/mol. The van der Waals surface area contributed by atoms with Crippen molar-refractivity contribution >= 4 is 11.8 Å². The zero-order valence-electron chi connectivity index (χ0n) is 8.67. The Balaban J connectivity index is 2.21. The van der Waals surface area contributed by atoms with E-state index in [-0.39, 0.29) is 6.61 Å². The van der Waals surface area contributed by atoms with E-state index in [2.05, 4.69) is 15.5 Å². The van der Waals surface area contributed by atoms with E-state index in [4.69, 9.17) is 10.8 Å². The van der Waals surface area contributed by atoms with Crippen LogP contribution in [0.5, 0.6) is 0 Å². The van der Waals surface area contributed by atoms with Gasteiger partial charge in [0.25, 0.3) is 0 Å². The number of hydrogen-bond donors (Lipinski definition) is 2. The summed E-state index contributed by atoms with van der Waals surface area (Å²) in [6.45, 7) is 1.48. The van der Waals surface area contributed by atoms with E-state index in [9.17, 15) is 0 Å². The molecule has 0 aromatic carbocycles. The standard InChI is InChI=1S/C8H17N5OS/c9-4-5-13-8(10-11-12-13)15-7-3-1-2-6-14/h14H,1-7,9H2. The van der Waals surface area contributed by atoms with Crippen molar-refractivity contribution in [2.24, 2.45) is 5.73 Å². The maximum absolute atomic E-state index is 8.61. The third-order valence-corrected chi connectivity index (χ3v) is 2.92. The SMILES string of the molecule is NCCn1nnnc1SCCCCCO. The van der Waals surface area contributed by atoms with Gasteiger partial charge in [0.05, 0.1) is 6.54 Å². The molecule has 0 atom stereocenters. The summed E-state index contributed by atoms with van der Waals surface area (Å²) in [6.07, 6.45) is 2.98. The molecule has 1 rings (SSSR count). The summed E-state index contributed by atoms with van der Waals surface area (Å²) in [6, 6.07) is 0. The van der Waals surface area contributed by atoms with Gasteiger partial charge in [-0.25, -0.2) is 4.68 Å². The fourth-order valence-corrected chi connectivity index (χ4v) is 2.02. The van der Waals surface area contributed by atoms with Crippen LogP contribution in [0, 0.1) is 0 Å². The number of aliphatic hydroxyl groups excluding tert-OH is 1. The Bertz CT molecular complexity index is 267. The number of rotatable bonds is 8. The minimum Gasteiger partial charge on any atom is -0.396 e. The van der Waals surface area contributed by atoms with Gasteiger partial charge in [0.2, 0.25) is 5.16 Å². The molecule has 1 aromatic rings. The number of nitrogens with two attached hydrogens (primary N) is 1. The second-order valence-electron chi connectivity index (χ2n) is 3.11. The number of unbranched alkanes of at least 4 members (excludes halogenated alkanes) is 2. The maximum atomic E-state index is 8.61. The molecule has 0 aliphatic heterocycles. The van der Waals surface area contributed by atoms with E-state index in [1.165, 1.54) is 0 Å². The van der Waals surface area contributed by atoms with Gasteiger partial charge in [0, 0.05) is 18.9 Å². The van der Waals surface area contributed by atoms with Gasteiger partial charge in [0.15, 0.2) is 0 Å². The van der Waals surface area contributed by atoms with Crippen LogP contribution in [0.2, 0.25) is 0 Å². The fraction of sp³-hybridized carbons (Fsp3) is 0.875. The number of aliphatic hydroxyl groups is 1. The minimum atomic E-state index is 0.273. The highest BCUT2D eigenvalue weighted by Gasteiger charge is 2.04. The van der Waals surface area contributed by atoms with E-state index >= 15 is 0 Å². The van der Waals surface area contributed by atoms with Crippen molar-refractivity contribution in [1.82, 2.24) is 20.2 Å². The molecule has 0 aliphatic rings. The number of aromatic nitrogens is 4. The Labute approximate surface area is 93.2 Å². The zero-order valence-corrected chi connectivity index (χ0v) is 9.49. The molecule has 3 N–H and O–H groups in total. The Morgan fingerprint density at radius 2 is 2.20 bits per heavy atom. The number of nitrogens with zero attached hydrogens (tertiary/aromatic N) is 4. The predicted octanol–water partition coefficient (Wildman–Crippen LogP) is -0.114. The molecule has 0 bridgehead atoms. The van der Waals surface area contributed by atoms with Gasteiger partial charge in [-0.1, -0.05) is 18.2 Å². The quantitative estimate of drug-likeness (QED) is 0.479. The summed E-state index contributed by atoms with van der Waals surface area (Å²) in [5.41, 5.74) is 5.43. The van der Waals surface area contributed by atoms with Crippen molar-refractivity contribution in [1.29, 1.82) is 0 Å². The molecule has 0 fully saturated rings. The van der Waals surface area contributed by atoms with Crippen molar-refractivity contribution in [3.8, 4) is 0 Å². The first-order valence-electron chi connectivity index (χ1n) is 5.08. The van der Waals surface area contributed by atoms with Crippen molar-refractivity contribution in [2.45, 2.75) is 31.0 Å². The van der Waals surface area contributed by atoms with E-state index in [1.807, 2.05) is 0 Å². The highest BCUT2D eigenvalue weighted by atomic mass is 32.2. The zero-order chi connectivity index (χ0) is 10.9. The number of hydrogen-bond acceptors (Lipinski definition) is 6. The Kier molecular flexibility index (Phi) is 6.29. The van der Waals surface area contributed by atoms with Crippen LogP contribution in [0.25, 0.3) is 0 Å². The van der Waals surface area contributed by atoms with E-state index < -0.39 is 0 Å². The highest BCUT2D eigenvalue weighted by molar-refractivity contribution is 7.99. The third kappa shape index (κ3) is 4.59. The normalized spacial score (nSPS) is 10.8. The van der Waals surface area contributed by atoms with Gasteiger partial charge < -0.3 is 10.8 Å². The molecular weight excluding hydrogens is 214 g/mol. The molecular formula is C8H17N5OS. The van der Waals surface area contributed by atoms with Gasteiger partial charge in [-0.15, -0.1) is 5.10 Å². The summed E-state index contributed by atoms with van der Waals surface area (Å²) in [5.74, 6) is 0.977. The number of thioether (sulfide) groups is 1. The number of tetrazole rings is 1. The molecule has 0 amide bonds. The van der Waals surface area contributed by atoms with Crippen LogP contribution in [0.3, 0.4) is 0 Å². The van der Waals surface area contributed by atoms with Crippen LogP contribution in [-0.4, -0.2) is 44.2 Å². The van der Waals surface area contributed by atoms with Crippen molar-refractivity contribution in [2.75, 3.05) is 18.9 Å². The summed E-state index contributed by atoms with van der Waals surface area (Å²) in [4.78, 5) is 0. The third-order valence-electron chi connectivity index (χ3n) is 1.87. The monoisotopic (exact) mass is 231 g/mol. The minimum absolute atomic E-state index is 0.273. The molecule has 6 nitrogen and oxygen atoms in total. The summed E-state index contributed by atoms with van der Waals surface area (Å²) in [5, 5.41) is 20.8. The largest absolute Gasteiger partial charge is 0.396 e. The first kappa shape index (κ1) is 12.4. The molecule has 1 heterocycles. The van der Waals surface area contributed by atoms with Gasteiger partial charge >= 0.3 is 0 Å². The highest BCUT2D eigenvalue weighted by Crippen LogP contribution is 2.15. The molecule has 86 valence electrons. The van der Waals surface area contributed by atoms with Crippen LogP contribution >= 0.6 is 11.8 Å². The molecule has 0 spiro atoms. The molecule has 0 aliphatic carbocycles. The Morgan fingerprint density at radius 3 is 2.93 bits per heavy atom. The van der Waals surface area contributed by atoms with Crippen LogP contribution in [0.15, 0.2) is 5.16 Å². The van der Waals surface area contributed by atoms with E-state index in [0.717, 1.165) is 30.2 Å². The summed E-state index contributed by atoms with van der Waals surface area (Å²) >= 11 is 1.63. The van der Waals surface area contributed by atoms with Crippen molar-refractivity contribution in [3.05, 3.63) is 0 Å². The van der Waals surface area contributed by atoms with Crippen molar-refractivity contribution < 1.29 is 5.11 Å².